The van der Waals surface area contributed by atoms with Crippen LogP contribution >= 0.6 is 0 Å². The van der Waals surface area contributed by atoms with Crippen LogP contribution in [0, 0.1) is 6.92 Å². The van der Waals surface area contributed by atoms with E-state index >= 15 is 0 Å². The largest absolute Gasteiger partial charge is 0.468 e. The number of ether oxygens (including phenoxy) is 1. The second-order valence-corrected chi connectivity index (χ2v) is 7.47. The molecule has 0 aliphatic carbocycles. The summed E-state index contributed by atoms with van der Waals surface area (Å²) >= 11 is 0. The zero-order valence-corrected chi connectivity index (χ0v) is 14.3. The molecule has 1 saturated heterocycles. The molecule has 128 valence electrons. The van der Waals surface area contributed by atoms with Crippen molar-refractivity contribution in [3.05, 3.63) is 29.8 Å². The molecule has 1 heterocycles. The van der Waals surface area contributed by atoms with Crippen LogP contribution in [0.5, 0.6) is 0 Å². The van der Waals surface area contributed by atoms with Crippen molar-refractivity contribution in [1.29, 1.82) is 0 Å². The lowest BCUT2D eigenvalue weighted by Gasteiger charge is -2.37. The first-order chi connectivity index (χ1) is 10.9. The average molecular weight is 341 g/mol. The van der Waals surface area contributed by atoms with Gasteiger partial charge >= 0.3 is 5.97 Å². The highest BCUT2D eigenvalue weighted by atomic mass is 32.2. The summed E-state index contributed by atoms with van der Waals surface area (Å²) in [6.07, 6.45) is 0. The molecule has 2 N–H and O–H groups in total. The third-order valence-electron chi connectivity index (χ3n) is 4.07. The molecule has 0 bridgehead atoms. The number of hydrogen-bond acceptors (Lipinski definition) is 6. The smallest absolute Gasteiger partial charge is 0.324 e. The minimum atomic E-state index is -3.50. The van der Waals surface area contributed by atoms with Crippen molar-refractivity contribution in [1.82, 2.24) is 9.21 Å². The van der Waals surface area contributed by atoms with Crippen LogP contribution in [0.2, 0.25) is 0 Å². The number of methoxy groups -OCH3 is 1. The fourth-order valence-corrected chi connectivity index (χ4v) is 4.07. The average Bonchev–Trinajstić information content (AvgIpc) is 2.56. The van der Waals surface area contributed by atoms with Gasteiger partial charge < -0.3 is 10.5 Å². The van der Waals surface area contributed by atoms with E-state index in [2.05, 4.69) is 0 Å². The Kier molecular flexibility index (Phi) is 5.74. The number of carbonyl (C=O) groups is 1. The summed E-state index contributed by atoms with van der Waals surface area (Å²) in [4.78, 5) is 13.9. The molecule has 1 aromatic rings. The standard InChI is InChI=1S/C15H23N3O4S/c1-12-3-5-13(6-4-12)23(20,21)18-9-7-17(8-10-18)14(11-16)15(19)22-2/h3-6,14H,7-11,16H2,1-2H3/t14-/m0/s1. The van der Waals surface area contributed by atoms with Gasteiger partial charge in [0.15, 0.2) is 0 Å². The van der Waals surface area contributed by atoms with Crippen molar-refractivity contribution in [2.24, 2.45) is 5.73 Å². The van der Waals surface area contributed by atoms with Crippen LogP contribution < -0.4 is 5.73 Å². The van der Waals surface area contributed by atoms with Crippen LogP contribution in [0.3, 0.4) is 0 Å². The third-order valence-corrected chi connectivity index (χ3v) is 5.98. The van der Waals surface area contributed by atoms with Gasteiger partial charge in [0.25, 0.3) is 0 Å². The topological polar surface area (TPSA) is 92.9 Å². The summed E-state index contributed by atoms with van der Waals surface area (Å²) in [6.45, 7) is 3.60. The van der Waals surface area contributed by atoms with Gasteiger partial charge in [0.1, 0.15) is 6.04 Å². The van der Waals surface area contributed by atoms with Crippen LogP contribution in [0.1, 0.15) is 5.56 Å². The van der Waals surface area contributed by atoms with E-state index in [0.29, 0.717) is 31.1 Å². The number of hydrogen-bond donors (Lipinski definition) is 1. The number of sulfonamides is 1. The fourth-order valence-electron chi connectivity index (χ4n) is 2.65. The summed E-state index contributed by atoms with van der Waals surface area (Å²) < 4.78 is 31.4. The second-order valence-electron chi connectivity index (χ2n) is 5.53. The monoisotopic (exact) mass is 341 g/mol. The Hall–Kier alpha value is -1.48. The first-order valence-corrected chi connectivity index (χ1v) is 8.93. The molecule has 0 radical (unpaired) electrons. The second kappa shape index (κ2) is 7.39. The Morgan fingerprint density at radius 1 is 1.22 bits per heavy atom. The van der Waals surface area contributed by atoms with Crippen molar-refractivity contribution >= 4 is 16.0 Å². The summed E-state index contributed by atoms with van der Waals surface area (Å²) in [5.74, 6) is -0.387. The normalized spacial score (nSPS) is 18.6. The molecule has 0 aromatic heterocycles. The summed E-state index contributed by atoms with van der Waals surface area (Å²) in [5.41, 5.74) is 6.64. The molecule has 8 heteroatoms. The fraction of sp³-hybridized carbons (Fsp3) is 0.533. The number of benzene rings is 1. The number of piperazine rings is 1. The van der Waals surface area contributed by atoms with Crippen molar-refractivity contribution < 1.29 is 17.9 Å². The third kappa shape index (κ3) is 3.89. The number of nitrogens with two attached hydrogens (primary N) is 1. The highest BCUT2D eigenvalue weighted by molar-refractivity contribution is 7.89. The number of esters is 1. The minimum absolute atomic E-state index is 0.150. The molecular weight excluding hydrogens is 318 g/mol. The van der Waals surface area contributed by atoms with Crippen LogP contribution in [0.25, 0.3) is 0 Å². The predicted octanol–water partition coefficient (Wildman–Crippen LogP) is -0.198. The molecule has 0 spiro atoms. The van der Waals surface area contributed by atoms with Gasteiger partial charge in [-0.1, -0.05) is 17.7 Å². The number of carbonyl (C=O) groups excluding carboxylic acids is 1. The Labute approximate surface area is 137 Å². The molecule has 0 unspecified atom stereocenters. The van der Waals surface area contributed by atoms with E-state index in [-0.39, 0.29) is 12.5 Å². The quantitative estimate of drug-likeness (QED) is 0.746. The number of nitrogens with zero attached hydrogens (tertiary/aromatic N) is 2. The predicted molar refractivity (Wildman–Crippen MR) is 86.4 cm³/mol. The Morgan fingerprint density at radius 3 is 2.26 bits per heavy atom. The van der Waals surface area contributed by atoms with Gasteiger partial charge in [0.2, 0.25) is 10.0 Å². The summed E-state index contributed by atoms with van der Waals surface area (Å²) in [5, 5.41) is 0. The minimum Gasteiger partial charge on any atom is -0.468 e. The number of aryl methyl sites for hydroxylation is 1. The summed E-state index contributed by atoms with van der Waals surface area (Å²) in [7, 11) is -2.18. The maximum Gasteiger partial charge on any atom is 0.324 e. The molecular formula is C15H23N3O4S. The first kappa shape index (κ1) is 17.9. The molecule has 2 rings (SSSR count). The molecule has 1 atom stereocenters. The van der Waals surface area contributed by atoms with Gasteiger partial charge in [-0.25, -0.2) is 8.42 Å². The first-order valence-electron chi connectivity index (χ1n) is 7.49. The Balaban J connectivity index is 2.06. The van der Waals surface area contributed by atoms with Gasteiger partial charge in [0, 0.05) is 32.7 Å². The van der Waals surface area contributed by atoms with E-state index in [1.54, 1.807) is 24.3 Å². The summed E-state index contributed by atoms with van der Waals surface area (Å²) in [6, 6.07) is 6.28. The van der Waals surface area contributed by atoms with Crippen LogP contribution in [0.15, 0.2) is 29.2 Å². The van der Waals surface area contributed by atoms with Gasteiger partial charge in [-0.3, -0.25) is 9.69 Å². The van der Waals surface area contributed by atoms with Gasteiger partial charge in [-0.2, -0.15) is 4.31 Å². The van der Waals surface area contributed by atoms with Gasteiger partial charge in [0.05, 0.1) is 12.0 Å². The molecule has 1 aromatic carbocycles. The van der Waals surface area contributed by atoms with Crippen LogP contribution in [-0.2, 0) is 19.6 Å². The van der Waals surface area contributed by atoms with E-state index in [0.717, 1.165) is 5.56 Å². The lowest BCUT2D eigenvalue weighted by molar-refractivity contribution is -0.147. The van der Waals surface area contributed by atoms with Gasteiger partial charge in [-0.05, 0) is 19.1 Å². The maximum absolute atomic E-state index is 12.6. The maximum atomic E-state index is 12.6. The zero-order chi connectivity index (χ0) is 17.0. The molecule has 23 heavy (non-hydrogen) atoms. The highest BCUT2D eigenvalue weighted by Gasteiger charge is 2.33. The molecule has 1 aliphatic heterocycles. The number of rotatable bonds is 5. The van der Waals surface area contributed by atoms with E-state index < -0.39 is 16.1 Å². The van der Waals surface area contributed by atoms with E-state index in [4.69, 9.17) is 10.5 Å². The highest BCUT2D eigenvalue weighted by Crippen LogP contribution is 2.19. The molecule has 1 aliphatic rings. The zero-order valence-electron chi connectivity index (χ0n) is 13.4. The van der Waals surface area contributed by atoms with Crippen molar-refractivity contribution in [3.63, 3.8) is 0 Å². The van der Waals surface area contributed by atoms with E-state index in [1.165, 1.54) is 11.4 Å². The lowest BCUT2D eigenvalue weighted by Crippen LogP contribution is -2.56. The molecule has 7 nitrogen and oxygen atoms in total. The van der Waals surface area contributed by atoms with Crippen molar-refractivity contribution in [2.45, 2.75) is 17.9 Å². The van der Waals surface area contributed by atoms with E-state index in [9.17, 15) is 13.2 Å². The molecule has 0 saturated carbocycles. The Bertz CT molecular complexity index is 637. The SMILES string of the molecule is COC(=O)[C@H](CN)N1CCN(S(=O)(=O)c2ccc(C)cc2)CC1. The van der Waals surface area contributed by atoms with E-state index in [1.807, 2.05) is 11.8 Å². The van der Waals surface area contributed by atoms with Crippen LogP contribution in [0.4, 0.5) is 0 Å². The van der Waals surface area contributed by atoms with Crippen molar-refractivity contribution in [2.75, 3.05) is 39.8 Å². The lowest BCUT2D eigenvalue weighted by atomic mass is 10.2. The molecule has 0 amide bonds. The Morgan fingerprint density at radius 2 is 1.78 bits per heavy atom. The molecule has 1 fully saturated rings. The van der Waals surface area contributed by atoms with Crippen LogP contribution in [-0.4, -0.2) is 69.5 Å². The van der Waals surface area contributed by atoms with Gasteiger partial charge in [-0.15, -0.1) is 0 Å². The van der Waals surface area contributed by atoms with Crippen molar-refractivity contribution in [3.8, 4) is 0 Å².